The van der Waals surface area contributed by atoms with E-state index in [2.05, 4.69) is 0 Å². The van der Waals surface area contributed by atoms with Crippen molar-refractivity contribution in [3.63, 3.8) is 0 Å². The molecule has 7 heteroatoms. The van der Waals surface area contributed by atoms with E-state index >= 15 is 0 Å². The van der Waals surface area contributed by atoms with Gasteiger partial charge in [0.05, 0.1) is 11.8 Å². The third-order valence-corrected chi connectivity index (χ3v) is 2.69. The first-order chi connectivity index (χ1) is 8.86. The fraction of sp³-hybridized carbons (Fsp3) is 0.417. The van der Waals surface area contributed by atoms with Gasteiger partial charge in [0.25, 0.3) is 5.91 Å². The quantitative estimate of drug-likeness (QED) is 0.248. The summed E-state index contributed by atoms with van der Waals surface area (Å²) in [5.41, 5.74) is 0.324. The third kappa shape index (κ3) is 3.72. The van der Waals surface area contributed by atoms with Crippen molar-refractivity contribution in [2.75, 3.05) is 5.01 Å². The van der Waals surface area contributed by atoms with Gasteiger partial charge < -0.3 is 20.4 Å². The first-order valence-corrected chi connectivity index (χ1v) is 5.72. The van der Waals surface area contributed by atoms with Gasteiger partial charge in [-0.3, -0.25) is 4.79 Å². The standard InChI is InChI=1S/C12H18N2O5/c1-7(15)9(16)10(17)11(18)12(19)14(13)8-5-3-2-4-6-8/h2-7,9-11,15-18H,13H2,1H3/t7-,9+,10+,11-/m0/s1. The Balaban J connectivity index is 2.77. The van der Waals surface area contributed by atoms with Crippen LogP contribution in [-0.2, 0) is 4.79 Å². The van der Waals surface area contributed by atoms with Gasteiger partial charge in [0.1, 0.15) is 12.2 Å². The number of aliphatic hydroxyl groups excluding tert-OH is 4. The second-order valence-electron chi connectivity index (χ2n) is 4.21. The smallest absolute Gasteiger partial charge is 0.272 e. The molecule has 0 spiro atoms. The van der Waals surface area contributed by atoms with Crippen molar-refractivity contribution in [2.24, 2.45) is 5.84 Å². The molecule has 0 bridgehead atoms. The van der Waals surface area contributed by atoms with Crippen LogP contribution in [0.25, 0.3) is 0 Å². The highest BCUT2D eigenvalue weighted by atomic mass is 16.4. The number of hydrazine groups is 1. The molecule has 4 atom stereocenters. The van der Waals surface area contributed by atoms with Crippen LogP contribution >= 0.6 is 0 Å². The molecule has 19 heavy (non-hydrogen) atoms. The molecule has 1 aromatic carbocycles. The number of aliphatic hydroxyl groups is 4. The normalized spacial score (nSPS) is 17.4. The average Bonchev–Trinajstić information content (AvgIpc) is 2.44. The minimum Gasteiger partial charge on any atom is -0.391 e. The molecule has 7 nitrogen and oxygen atoms in total. The van der Waals surface area contributed by atoms with Gasteiger partial charge in [0.15, 0.2) is 6.10 Å². The van der Waals surface area contributed by atoms with Gasteiger partial charge in [-0.05, 0) is 19.1 Å². The van der Waals surface area contributed by atoms with Gasteiger partial charge in [-0.1, -0.05) is 18.2 Å². The molecule has 0 unspecified atom stereocenters. The van der Waals surface area contributed by atoms with E-state index in [4.69, 9.17) is 10.9 Å². The van der Waals surface area contributed by atoms with Gasteiger partial charge in [0, 0.05) is 0 Å². The Hall–Kier alpha value is -1.51. The molecule has 6 N–H and O–H groups in total. The van der Waals surface area contributed by atoms with Crippen molar-refractivity contribution >= 4 is 11.6 Å². The molecule has 1 amide bonds. The molecule has 0 radical (unpaired) electrons. The molecule has 0 aliphatic carbocycles. The predicted octanol–water partition coefficient (Wildman–Crippen LogP) is -1.64. The Bertz CT molecular complexity index is 412. The zero-order valence-corrected chi connectivity index (χ0v) is 10.4. The lowest BCUT2D eigenvalue weighted by Crippen LogP contribution is -2.53. The van der Waals surface area contributed by atoms with Gasteiger partial charge in [-0.25, -0.2) is 10.9 Å². The Morgan fingerprint density at radius 3 is 2.11 bits per heavy atom. The lowest BCUT2D eigenvalue weighted by molar-refractivity contribution is -0.143. The van der Waals surface area contributed by atoms with Gasteiger partial charge in [-0.15, -0.1) is 0 Å². The fourth-order valence-electron chi connectivity index (χ4n) is 1.48. The molecule has 0 fully saturated rings. The molecule has 0 aromatic heterocycles. The van der Waals surface area contributed by atoms with Crippen molar-refractivity contribution in [3.05, 3.63) is 30.3 Å². The Morgan fingerprint density at radius 2 is 1.63 bits per heavy atom. The Morgan fingerprint density at radius 1 is 1.11 bits per heavy atom. The number of carbonyl (C=O) groups excluding carboxylic acids is 1. The summed E-state index contributed by atoms with van der Waals surface area (Å²) in [5.74, 6) is 4.53. The average molecular weight is 270 g/mol. The molecule has 0 heterocycles. The van der Waals surface area contributed by atoms with E-state index in [1.165, 1.54) is 6.92 Å². The van der Waals surface area contributed by atoms with E-state index < -0.39 is 30.3 Å². The molecule has 0 aliphatic heterocycles. The molecule has 1 aromatic rings. The number of para-hydroxylation sites is 1. The summed E-state index contributed by atoms with van der Waals surface area (Å²) in [4.78, 5) is 11.8. The number of amides is 1. The number of rotatable bonds is 5. The zero-order chi connectivity index (χ0) is 14.6. The van der Waals surface area contributed by atoms with Crippen LogP contribution in [0.4, 0.5) is 5.69 Å². The second-order valence-corrected chi connectivity index (χ2v) is 4.21. The van der Waals surface area contributed by atoms with Crippen LogP contribution in [0.15, 0.2) is 30.3 Å². The highest BCUT2D eigenvalue weighted by molar-refractivity contribution is 5.95. The van der Waals surface area contributed by atoms with E-state index in [1.807, 2.05) is 0 Å². The van der Waals surface area contributed by atoms with Crippen LogP contribution in [0, 0.1) is 0 Å². The largest absolute Gasteiger partial charge is 0.391 e. The maximum Gasteiger partial charge on any atom is 0.272 e. The van der Waals surface area contributed by atoms with Crippen molar-refractivity contribution in [1.82, 2.24) is 0 Å². The SMILES string of the molecule is C[C@H](O)[C@@H](O)[C@@H](O)[C@H](O)C(=O)N(N)c1ccccc1. The topological polar surface area (TPSA) is 127 Å². The van der Waals surface area contributed by atoms with Crippen LogP contribution in [0.2, 0.25) is 0 Å². The number of anilines is 1. The number of nitrogens with zero attached hydrogens (tertiary/aromatic N) is 1. The molecular weight excluding hydrogens is 252 g/mol. The molecule has 1 rings (SSSR count). The number of benzene rings is 1. The minimum absolute atomic E-state index is 0.324. The summed E-state index contributed by atoms with van der Waals surface area (Å²) in [5, 5.41) is 38.4. The number of carbonyl (C=O) groups is 1. The van der Waals surface area contributed by atoms with Crippen LogP contribution in [-0.4, -0.2) is 50.7 Å². The van der Waals surface area contributed by atoms with Crippen molar-refractivity contribution < 1.29 is 25.2 Å². The molecule has 0 saturated carbocycles. The summed E-state index contributed by atoms with van der Waals surface area (Å²) >= 11 is 0. The summed E-state index contributed by atoms with van der Waals surface area (Å²) in [6.45, 7) is 1.22. The Kier molecular flexibility index (Phi) is 5.40. The van der Waals surface area contributed by atoms with Crippen LogP contribution < -0.4 is 10.9 Å². The summed E-state index contributed by atoms with van der Waals surface area (Å²) < 4.78 is 0. The lowest BCUT2D eigenvalue weighted by atomic mass is 10.0. The summed E-state index contributed by atoms with van der Waals surface area (Å²) in [6.07, 6.45) is -6.71. The maximum absolute atomic E-state index is 11.8. The van der Waals surface area contributed by atoms with E-state index in [0.717, 1.165) is 0 Å². The zero-order valence-electron chi connectivity index (χ0n) is 10.4. The number of nitrogens with two attached hydrogens (primary N) is 1. The van der Waals surface area contributed by atoms with Crippen molar-refractivity contribution in [2.45, 2.75) is 31.3 Å². The highest BCUT2D eigenvalue weighted by Crippen LogP contribution is 2.13. The first kappa shape index (κ1) is 15.5. The predicted molar refractivity (Wildman–Crippen MR) is 67.8 cm³/mol. The van der Waals surface area contributed by atoms with Crippen molar-refractivity contribution in [3.8, 4) is 0 Å². The van der Waals surface area contributed by atoms with Gasteiger partial charge in [0.2, 0.25) is 0 Å². The van der Waals surface area contributed by atoms with Crippen LogP contribution in [0.3, 0.4) is 0 Å². The molecule has 0 aliphatic rings. The van der Waals surface area contributed by atoms with Gasteiger partial charge in [-0.2, -0.15) is 0 Å². The van der Waals surface area contributed by atoms with E-state index in [9.17, 15) is 20.1 Å². The summed E-state index contributed by atoms with van der Waals surface area (Å²) in [7, 11) is 0. The molecule has 0 saturated heterocycles. The maximum atomic E-state index is 11.8. The van der Waals surface area contributed by atoms with Crippen molar-refractivity contribution in [1.29, 1.82) is 0 Å². The van der Waals surface area contributed by atoms with E-state index in [0.29, 0.717) is 10.7 Å². The second kappa shape index (κ2) is 6.60. The number of hydrogen-bond donors (Lipinski definition) is 5. The van der Waals surface area contributed by atoms with Gasteiger partial charge >= 0.3 is 0 Å². The first-order valence-electron chi connectivity index (χ1n) is 5.72. The summed E-state index contributed by atoms with van der Waals surface area (Å²) in [6, 6.07) is 8.11. The minimum atomic E-state index is -1.94. The van der Waals surface area contributed by atoms with E-state index in [1.54, 1.807) is 30.3 Å². The Labute approximate surface area is 110 Å². The van der Waals surface area contributed by atoms with Crippen LogP contribution in [0.5, 0.6) is 0 Å². The molecule has 106 valence electrons. The van der Waals surface area contributed by atoms with E-state index in [-0.39, 0.29) is 0 Å². The van der Waals surface area contributed by atoms with Crippen LogP contribution in [0.1, 0.15) is 6.92 Å². The lowest BCUT2D eigenvalue weighted by Gasteiger charge is -2.27. The highest BCUT2D eigenvalue weighted by Gasteiger charge is 2.34. The third-order valence-electron chi connectivity index (χ3n) is 2.69. The monoisotopic (exact) mass is 270 g/mol. The fourth-order valence-corrected chi connectivity index (χ4v) is 1.48. The molecular formula is C12H18N2O5. The number of hydrogen-bond acceptors (Lipinski definition) is 6.